The van der Waals surface area contributed by atoms with Crippen LogP contribution in [0.25, 0.3) is 116 Å². The molecule has 0 N–H and O–H groups in total. The van der Waals surface area contributed by atoms with Crippen LogP contribution in [0.4, 0.5) is 0 Å². The SMILES string of the molecule is C=NC(=N/C(=C\Cc1ccccc1-n1c2ccccc2c2c3oc4ccccc4c3ccc21)c1ccccc1-n1c2ccccc2c2c3oc4ccccc4c3ccc21)c1cccc(-c2ccccc2)c1. The quantitative estimate of drug-likeness (QED) is 0.113. The van der Waals surface area contributed by atoms with Crippen molar-refractivity contribution < 1.29 is 8.83 Å². The third-order valence-electron chi connectivity index (χ3n) is 14.1. The number of amidine groups is 1. The fraction of sp³-hybridized carbons (Fsp3) is 0.0154. The number of furan rings is 2. The van der Waals surface area contributed by atoms with Crippen LogP contribution in [0.1, 0.15) is 16.7 Å². The van der Waals surface area contributed by atoms with E-state index in [4.69, 9.17) is 13.8 Å². The second kappa shape index (κ2) is 16.3. The van der Waals surface area contributed by atoms with Crippen molar-refractivity contribution in [3.8, 4) is 22.5 Å². The molecule has 0 bridgehead atoms. The Kier molecular flexibility index (Phi) is 9.32. The lowest BCUT2D eigenvalue weighted by atomic mass is 10.0. The number of aromatic nitrogens is 2. The minimum atomic E-state index is 0.528. The molecule has 0 radical (unpaired) electrons. The standard InChI is InChI=1S/C65H42N4O2/c1-66-65(44-22-17-21-43(40-44)41-18-3-2-4-19-41)67-52(49-25-6-12-29-54(49)69-56-31-14-8-27-51(56)62-58(69)39-36-48-46-24-10-16-33-60(46)71-64(48)62)37-34-42-20-5-11-28-53(42)68-55-30-13-7-26-50(55)61-57(68)38-35-47-45-23-9-15-32-59(45)70-63(47)61/h2-33,35-40H,1,34H2/b52-37-,67-65?. The van der Waals surface area contributed by atoms with Crippen LogP contribution >= 0.6 is 0 Å². The second-order valence-corrected chi connectivity index (χ2v) is 18.1. The molecule has 0 amide bonds. The maximum atomic E-state index is 6.70. The van der Waals surface area contributed by atoms with Crippen molar-refractivity contribution in [2.45, 2.75) is 6.42 Å². The maximum absolute atomic E-state index is 6.70. The molecular weight excluding hydrogens is 869 g/mol. The molecule has 14 aromatic rings. The van der Waals surface area contributed by atoms with E-state index in [1.54, 1.807) is 0 Å². The summed E-state index contributed by atoms with van der Waals surface area (Å²) in [6.07, 6.45) is 2.81. The largest absolute Gasteiger partial charge is 0.455 e. The van der Waals surface area contributed by atoms with Crippen LogP contribution in [0.5, 0.6) is 0 Å². The molecular formula is C65H42N4O2. The van der Waals surface area contributed by atoms with Gasteiger partial charge in [0.1, 0.15) is 22.3 Å². The summed E-state index contributed by atoms with van der Waals surface area (Å²) in [5, 5.41) is 8.85. The Balaban J connectivity index is 0.983. The number of fused-ring (bicyclic) bond motifs is 14. The molecule has 334 valence electrons. The molecule has 14 rings (SSSR count). The van der Waals surface area contributed by atoms with Gasteiger partial charge in [0, 0.05) is 49.1 Å². The van der Waals surface area contributed by atoms with Crippen LogP contribution in [0, 0.1) is 0 Å². The highest BCUT2D eigenvalue weighted by Crippen LogP contribution is 2.43. The van der Waals surface area contributed by atoms with Crippen molar-refractivity contribution in [3.05, 3.63) is 247 Å². The van der Waals surface area contributed by atoms with E-state index in [0.717, 1.165) is 132 Å². The number of allylic oxidation sites excluding steroid dienone is 1. The van der Waals surface area contributed by atoms with Gasteiger partial charge in [0.25, 0.3) is 0 Å². The number of benzene rings is 10. The van der Waals surface area contributed by atoms with Gasteiger partial charge in [-0.2, -0.15) is 0 Å². The highest BCUT2D eigenvalue weighted by atomic mass is 16.3. The molecule has 10 aromatic carbocycles. The van der Waals surface area contributed by atoms with Crippen molar-refractivity contribution >= 4 is 106 Å². The zero-order chi connectivity index (χ0) is 47.0. The molecule has 0 saturated heterocycles. The molecule has 4 heterocycles. The van der Waals surface area contributed by atoms with Crippen LogP contribution in [-0.4, -0.2) is 21.7 Å². The van der Waals surface area contributed by atoms with E-state index in [1.165, 1.54) is 0 Å². The van der Waals surface area contributed by atoms with Gasteiger partial charge >= 0.3 is 0 Å². The molecule has 0 atom stereocenters. The Morgan fingerprint density at radius 2 is 0.958 bits per heavy atom. The number of para-hydroxylation sites is 6. The lowest BCUT2D eigenvalue weighted by Crippen LogP contribution is -2.03. The number of aliphatic imine (C=N–C) groups is 2. The van der Waals surface area contributed by atoms with Crippen molar-refractivity contribution in [1.82, 2.24) is 9.13 Å². The van der Waals surface area contributed by atoms with E-state index in [2.05, 4.69) is 221 Å². The molecule has 71 heavy (non-hydrogen) atoms. The van der Waals surface area contributed by atoms with E-state index in [9.17, 15) is 0 Å². The van der Waals surface area contributed by atoms with Crippen molar-refractivity contribution in [1.29, 1.82) is 0 Å². The van der Waals surface area contributed by atoms with E-state index in [-0.39, 0.29) is 0 Å². The number of hydrogen-bond donors (Lipinski definition) is 0. The fourth-order valence-corrected chi connectivity index (χ4v) is 11.0. The first-order valence-corrected chi connectivity index (χ1v) is 24.0. The summed E-state index contributed by atoms with van der Waals surface area (Å²) in [5.41, 5.74) is 15.8. The summed E-state index contributed by atoms with van der Waals surface area (Å²) in [7, 11) is 0. The van der Waals surface area contributed by atoms with Crippen LogP contribution in [-0.2, 0) is 6.42 Å². The van der Waals surface area contributed by atoms with E-state index < -0.39 is 0 Å². The molecule has 0 aliphatic heterocycles. The highest BCUT2D eigenvalue weighted by Gasteiger charge is 2.23. The number of hydrogen-bond acceptors (Lipinski definition) is 3. The van der Waals surface area contributed by atoms with Gasteiger partial charge in [-0.25, -0.2) is 9.98 Å². The van der Waals surface area contributed by atoms with Gasteiger partial charge in [0.05, 0.1) is 44.2 Å². The van der Waals surface area contributed by atoms with Crippen molar-refractivity contribution in [2.24, 2.45) is 9.98 Å². The Hall–Kier alpha value is -9.52. The van der Waals surface area contributed by atoms with Gasteiger partial charge in [-0.15, -0.1) is 0 Å². The van der Waals surface area contributed by atoms with Crippen LogP contribution < -0.4 is 0 Å². The first kappa shape index (κ1) is 40.5. The lowest BCUT2D eigenvalue weighted by Gasteiger charge is -2.16. The summed E-state index contributed by atoms with van der Waals surface area (Å²) in [6, 6.07) is 78.7. The molecule has 6 nitrogen and oxygen atoms in total. The van der Waals surface area contributed by atoms with Gasteiger partial charge in [-0.1, -0.05) is 164 Å². The minimum absolute atomic E-state index is 0.528. The number of rotatable bonds is 8. The Morgan fingerprint density at radius 1 is 0.437 bits per heavy atom. The highest BCUT2D eigenvalue weighted by molar-refractivity contribution is 6.25. The maximum Gasteiger partial charge on any atom is 0.159 e. The van der Waals surface area contributed by atoms with Crippen molar-refractivity contribution in [2.75, 3.05) is 0 Å². The van der Waals surface area contributed by atoms with E-state index >= 15 is 0 Å². The normalized spacial score (nSPS) is 12.5. The summed E-state index contributed by atoms with van der Waals surface area (Å²) in [4.78, 5) is 10.2. The summed E-state index contributed by atoms with van der Waals surface area (Å²) < 4.78 is 18.1. The lowest BCUT2D eigenvalue weighted by molar-refractivity contribution is 0.672. The van der Waals surface area contributed by atoms with Gasteiger partial charge in [-0.3, -0.25) is 0 Å². The third-order valence-corrected chi connectivity index (χ3v) is 14.1. The van der Waals surface area contributed by atoms with Crippen LogP contribution in [0.2, 0.25) is 0 Å². The van der Waals surface area contributed by atoms with Crippen LogP contribution in [0.15, 0.2) is 249 Å². The first-order chi connectivity index (χ1) is 35.2. The van der Waals surface area contributed by atoms with Crippen molar-refractivity contribution in [3.63, 3.8) is 0 Å². The molecule has 0 saturated carbocycles. The van der Waals surface area contributed by atoms with Gasteiger partial charge < -0.3 is 18.0 Å². The zero-order valence-electron chi connectivity index (χ0n) is 38.5. The summed E-state index contributed by atoms with van der Waals surface area (Å²) in [6.45, 7) is 4.11. The zero-order valence-corrected chi connectivity index (χ0v) is 38.5. The van der Waals surface area contributed by atoms with E-state index in [0.29, 0.717) is 12.3 Å². The van der Waals surface area contributed by atoms with Gasteiger partial charge in [0.2, 0.25) is 0 Å². The Bertz CT molecular complexity index is 4520. The Morgan fingerprint density at radius 3 is 1.61 bits per heavy atom. The second-order valence-electron chi connectivity index (χ2n) is 18.1. The Labute approximate surface area is 408 Å². The minimum Gasteiger partial charge on any atom is -0.455 e. The van der Waals surface area contributed by atoms with Gasteiger partial charge in [-0.05, 0) is 96.6 Å². The molecule has 4 aromatic heterocycles. The summed E-state index contributed by atoms with van der Waals surface area (Å²) >= 11 is 0. The average Bonchev–Trinajstić information content (AvgIpc) is 4.19. The topological polar surface area (TPSA) is 60.9 Å². The third kappa shape index (κ3) is 6.42. The first-order valence-electron chi connectivity index (χ1n) is 24.0. The fourth-order valence-electron chi connectivity index (χ4n) is 11.0. The molecule has 6 heteroatoms. The molecule has 0 aliphatic rings. The molecule has 0 aliphatic carbocycles. The molecule has 0 fully saturated rings. The monoisotopic (exact) mass is 910 g/mol. The predicted octanol–water partition coefficient (Wildman–Crippen LogP) is 17.1. The number of nitrogens with zero attached hydrogens (tertiary/aromatic N) is 4. The smallest absolute Gasteiger partial charge is 0.159 e. The van der Waals surface area contributed by atoms with E-state index in [1.807, 2.05) is 30.3 Å². The predicted molar refractivity (Wildman–Crippen MR) is 296 cm³/mol. The van der Waals surface area contributed by atoms with Crippen LogP contribution in [0.3, 0.4) is 0 Å². The average molecular weight is 911 g/mol. The van der Waals surface area contributed by atoms with Gasteiger partial charge in [0.15, 0.2) is 5.84 Å². The summed E-state index contributed by atoms with van der Waals surface area (Å²) in [5.74, 6) is 0.528. The molecule has 0 spiro atoms. The molecule has 0 unspecified atom stereocenters.